The number of allylic oxidation sites excluding steroid dienone is 1. The minimum absolute atomic E-state index is 0.0183. The van der Waals surface area contributed by atoms with Gasteiger partial charge in [0.05, 0.1) is 41.7 Å². The van der Waals surface area contributed by atoms with Crippen molar-refractivity contribution < 1.29 is 19.1 Å². The van der Waals surface area contributed by atoms with Crippen LogP contribution in [0.15, 0.2) is 64.5 Å². The summed E-state index contributed by atoms with van der Waals surface area (Å²) in [5.41, 5.74) is 9.63. The number of nitrogens with one attached hydrogen (secondary N) is 1. The normalized spacial score (nSPS) is 19.2. The van der Waals surface area contributed by atoms with Gasteiger partial charge in [-0.05, 0) is 48.7 Å². The number of nitrogens with two attached hydrogens (primary N) is 1. The van der Waals surface area contributed by atoms with Gasteiger partial charge in [-0.25, -0.2) is 0 Å². The Bertz CT molecular complexity index is 1390. The molecule has 2 aromatic carbocycles. The molecule has 0 saturated carbocycles. The standard InChI is InChI=1S/C26H23ClN4O4S/c1-13-8-9-15(10-14(13)2)30-24(33)22-21(16-6-4-5-7-18(16)27)17(12-28)23(29)31-25(34)19(36-26(22)31)11-20(32)35-3/h4-10,19,21H,11,29H2,1-3H3,(H,30,33)/t19-,21-/m0/s1. The number of methoxy groups -OCH3 is 1. The monoisotopic (exact) mass is 522 g/mol. The Labute approximate surface area is 217 Å². The van der Waals surface area contributed by atoms with Gasteiger partial charge in [-0.2, -0.15) is 5.26 Å². The van der Waals surface area contributed by atoms with Gasteiger partial charge in [0.2, 0.25) is 5.91 Å². The molecule has 1 saturated heterocycles. The van der Waals surface area contributed by atoms with Crippen LogP contribution in [0.25, 0.3) is 0 Å². The fourth-order valence-corrected chi connectivity index (χ4v) is 5.75. The highest BCUT2D eigenvalue weighted by molar-refractivity contribution is 8.04. The van der Waals surface area contributed by atoms with Crippen molar-refractivity contribution in [3.05, 3.63) is 86.2 Å². The van der Waals surface area contributed by atoms with E-state index in [1.165, 1.54) is 7.11 Å². The molecule has 2 atom stereocenters. The number of carbonyl (C=O) groups excluding carboxylic acids is 3. The SMILES string of the molecule is COC(=O)C[C@@H]1SC2=C(C(=O)Nc3ccc(C)c(C)c3)[C@@H](c3ccccc3Cl)C(C#N)=C(N)N2C1=O. The zero-order valence-corrected chi connectivity index (χ0v) is 21.4. The topological polar surface area (TPSA) is 126 Å². The van der Waals surface area contributed by atoms with Crippen LogP contribution in [0.5, 0.6) is 0 Å². The van der Waals surface area contributed by atoms with Crippen LogP contribution in [-0.2, 0) is 19.1 Å². The van der Waals surface area contributed by atoms with E-state index in [0.29, 0.717) is 16.3 Å². The van der Waals surface area contributed by atoms with Crippen LogP contribution in [-0.4, -0.2) is 35.0 Å². The van der Waals surface area contributed by atoms with E-state index in [-0.39, 0.29) is 28.4 Å². The molecule has 0 bridgehead atoms. The molecular weight excluding hydrogens is 500 g/mol. The molecule has 1 fully saturated rings. The number of hydrogen-bond donors (Lipinski definition) is 2. The highest BCUT2D eigenvalue weighted by atomic mass is 35.5. The first-order valence-corrected chi connectivity index (χ1v) is 12.3. The van der Waals surface area contributed by atoms with Crippen molar-refractivity contribution in [1.29, 1.82) is 5.26 Å². The van der Waals surface area contributed by atoms with E-state index in [1.54, 1.807) is 30.3 Å². The van der Waals surface area contributed by atoms with Crippen molar-refractivity contribution in [2.75, 3.05) is 12.4 Å². The number of esters is 1. The third-order valence-corrected chi connectivity index (χ3v) is 7.83. The predicted molar refractivity (Wildman–Crippen MR) is 137 cm³/mol. The van der Waals surface area contributed by atoms with Crippen molar-refractivity contribution in [3.8, 4) is 6.07 Å². The molecule has 0 unspecified atom stereocenters. The third kappa shape index (κ3) is 4.45. The average Bonchev–Trinajstić information content (AvgIpc) is 3.17. The van der Waals surface area contributed by atoms with Crippen molar-refractivity contribution in [2.24, 2.45) is 5.73 Å². The first-order chi connectivity index (χ1) is 17.2. The number of nitrogens with zero attached hydrogens (tertiary/aromatic N) is 2. The third-order valence-electron chi connectivity index (χ3n) is 6.20. The van der Waals surface area contributed by atoms with Gasteiger partial charge < -0.3 is 15.8 Å². The molecule has 2 aliphatic rings. The van der Waals surface area contributed by atoms with E-state index in [2.05, 4.69) is 11.4 Å². The van der Waals surface area contributed by atoms with Crippen LogP contribution < -0.4 is 11.1 Å². The number of nitriles is 1. The first-order valence-electron chi connectivity index (χ1n) is 11.0. The molecule has 3 N–H and O–H groups in total. The van der Waals surface area contributed by atoms with E-state index in [9.17, 15) is 19.6 Å². The van der Waals surface area contributed by atoms with Gasteiger partial charge in [-0.15, -0.1) is 0 Å². The minimum Gasteiger partial charge on any atom is -0.469 e. The number of anilines is 1. The van der Waals surface area contributed by atoms with Gasteiger partial charge in [-0.3, -0.25) is 19.3 Å². The Morgan fingerprint density at radius 1 is 1.22 bits per heavy atom. The number of benzene rings is 2. The molecule has 0 radical (unpaired) electrons. The number of hydrogen-bond acceptors (Lipinski definition) is 7. The number of thioether (sulfide) groups is 1. The van der Waals surface area contributed by atoms with Gasteiger partial charge >= 0.3 is 5.97 Å². The van der Waals surface area contributed by atoms with Crippen molar-refractivity contribution >= 4 is 46.8 Å². The fraction of sp³-hybridized carbons (Fsp3) is 0.231. The summed E-state index contributed by atoms with van der Waals surface area (Å²) in [5, 5.41) is 12.7. The molecule has 0 aromatic heterocycles. The van der Waals surface area contributed by atoms with Crippen LogP contribution in [0.1, 0.15) is 29.0 Å². The highest BCUT2D eigenvalue weighted by Crippen LogP contribution is 2.51. The number of carbonyl (C=O) groups is 3. The minimum atomic E-state index is -0.918. The van der Waals surface area contributed by atoms with Gasteiger partial charge in [-0.1, -0.05) is 47.6 Å². The summed E-state index contributed by atoms with van der Waals surface area (Å²) in [4.78, 5) is 40.2. The second-order valence-electron chi connectivity index (χ2n) is 8.40. The lowest BCUT2D eigenvalue weighted by molar-refractivity contribution is -0.142. The number of aryl methyl sites for hydroxylation is 2. The van der Waals surface area contributed by atoms with Crippen LogP contribution in [0.3, 0.4) is 0 Å². The molecule has 10 heteroatoms. The summed E-state index contributed by atoms with van der Waals surface area (Å²) >= 11 is 7.56. The summed E-state index contributed by atoms with van der Waals surface area (Å²) in [5.74, 6) is -2.60. The second kappa shape index (κ2) is 10.1. The second-order valence-corrected chi connectivity index (χ2v) is 10.00. The molecule has 0 aliphatic carbocycles. The van der Waals surface area contributed by atoms with E-state index < -0.39 is 29.0 Å². The lowest BCUT2D eigenvalue weighted by atomic mass is 9.82. The predicted octanol–water partition coefficient (Wildman–Crippen LogP) is 4.11. The molecule has 2 aliphatic heterocycles. The summed E-state index contributed by atoms with van der Waals surface area (Å²) in [6, 6.07) is 14.4. The van der Waals surface area contributed by atoms with Crippen LogP contribution in [0.4, 0.5) is 5.69 Å². The number of ether oxygens (including phenoxy) is 1. The maximum atomic E-state index is 13.8. The zero-order valence-electron chi connectivity index (χ0n) is 19.8. The molecule has 2 aromatic rings. The van der Waals surface area contributed by atoms with E-state index in [4.69, 9.17) is 22.1 Å². The number of amides is 2. The molecule has 36 heavy (non-hydrogen) atoms. The largest absolute Gasteiger partial charge is 0.469 e. The van der Waals surface area contributed by atoms with Gasteiger partial charge in [0.15, 0.2) is 0 Å². The van der Waals surface area contributed by atoms with E-state index in [0.717, 1.165) is 27.8 Å². The summed E-state index contributed by atoms with van der Waals surface area (Å²) in [6.07, 6.45) is -0.210. The summed E-state index contributed by atoms with van der Waals surface area (Å²) in [7, 11) is 1.23. The number of rotatable bonds is 5. The fourth-order valence-electron chi connectivity index (χ4n) is 4.18. The molecule has 4 rings (SSSR count). The molecule has 8 nitrogen and oxygen atoms in total. The Kier molecular flexibility index (Phi) is 7.11. The van der Waals surface area contributed by atoms with E-state index >= 15 is 0 Å². The van der Waals surface area contributed by atoms with Crippen LogP contribution in [0.2, 0.25) is 5.02 Å². The zero-order chi connectivity index (χ0) is 26.1. The summed E-state index contributed by atoms with van der Waals surface area (Å²) in [6.45, 7) is 3.90. The quantitative estimate of drug-likeness (QED) is 0.566. The van der Waals surface area contributed by atoms with Gasteiger partial charge in [0, 0.05) is 10.7 Å². The molecule has 2 heterocycles. The summed E-state index contributed by atoms with van der Waals surface area (Å²) < 4.78 is 4.73. The van der Waals surface area contributed by atoms with E-state index in [1.807, 2.05) is 26.0 Å². The molecule has 2 amide bonds. The lowest BCUT2D eigenvalue weighted by Gasteiger charge is -2.32. The van der Waals surface area contributed by atoms with Crippen LogP contribution in [0, 0.1) is 25.2 Å². The maximum Gasteiger partial charge on any atom is 0.307 e. The Hall–Kier alpha value is -3.74. The Morgan fingerprint density at radius 3 is 2.58 bits per heavy atom. The highest BCUT2D eigenvalue weighted by Gasteiger charge is 2.48. The lowest BCUT2D eigenvalue weighted by Crippen LogP contribution is -2.39. The van der Waals surface area contributed by atoms with Crippen molar-refractivity contribution in [1.82, 2.24) is 4.90 Å². The van der Waals surface area contributed by atoms with Crippen LogP contribution >= 0.6 is 23.4 Å². The van der Waals surface area contributed by atoms with Crippen molar-refractivity contribution in [3.63, 3.8) is 0 Å². The molecular formula is C26H23ClN4O4S. The molecule has 0 spiro atoms. The van der Waals surface area contributed by atoms with Gasteiger partial charge in [0.1, 0.15) is 11.1 Å². The maximum absolute atomic E-state index is 13.8. The van der Waals surface area contributed by atoms with Crippen molar-refractivity contribution in [2.45, 2.75) is 31.4 Å². The number of fused-ring (bicyclic) bond motifs is 1. The first kappa shape index (κ1) is 25.4. The molecule has 184 valence electrons. The average molecular weight is 523 g/mol. The van der Waals surface area contributed by atoms with Gasteiger partial charge in [0.25, 0.3) is 5.91 Å². The smallest absolute Gasteiger partial charge is 0.307 e. The Balaban J connectivity index is 1.89. The number of halogens is 1. The Morgan fingerprint density at radius 2 is 1.94 bits per heavy atom.